The summed E-state index contributed by atoms with van der Waals surface area (Å²) in [6.07, 6.45) is 18.5. The van der Waals surface area contributed by atoms with Gasteiger partial charge in [-0.05, 0) is 6.42 Å². The van der Waals surface area contributed by atoms with E-state index in [4.69, 9.17) is 0 Å². The van der Waals surface area contributed by atoms with Crippen LogP contribution in [0.3, 0.4) is 0 Å². The number of rotatable bonds is 11. The molecule has 1 nitrogen and oxygen atoms in total. The Morgan fingerprint density at radius 2 is 1.11 bits per heavy atom. The molecule has 0 atom stereocenters. The predicted molar refractivity (Wildman–Crippen MR) is 85.2 cm³/mol. The van der Waals surface area contributed by atoms with Crippen LogP contribution >= 0.6 is 0 Å². The lowest BCUT2D eigenvalue weighted by Gasteiger charge is -2.01. The molecular formula is C18H34N+. The van der Waals surface area contributed by atoms with Crippen LogP contribution in [0.4, 0.5) is 0 Å². The van der Waals surface area contributed by atoms with Crippen molar-refractivity contribution in [2.24, 2.45) is 0 Å². The first kappa shape index (κ1) is 18.1. The molecular weight excluding hydrogens is 230 g/mol. The number of unbranched alkanes of at least 4 members (excludes halogenated alkanes) is 9. The molecule has 1 heterocycles. The van der Waals surface area contributed by atoms with Gasteiger partial charge in [-0.2, -0.15) is 0 Å². The smallest absolute Gasteiger partial charge is 0.168 e. The van der Waals surface area contributed by atoms with E-state index in [1.807, 2.05) is 0 Å². The molecule has 110 valence electrons. The van der Waals surface area contributed by atoms with Crippen molar-refractivity contribution in [1.82, 2.24) is 0 Å². The molecule has 0 unspecified atom stereocenters. The lowest BCUT2D eigenvalue weighted by Crippen LogP contribution is -2.32. The van der Waals surface area contributed by atoms with Crippen LogP contribution in [0.2, 0.25) is 0 Å². The molecule has 0 aliphatic rings. The van der Waals surface area contributed by atoms with Crippen molar-refractivity contribution in [3.63, 3.8) is 0 Å². The number of aromatic nitrogens is 1. The Labute approximate surface area is 121 Å². The van der Waals surface area contributed by atoms with Crippen molar-refractivity contribution in [1.29, 1.82) is 0 Å². The fourth-order valence-corrected chi connectivity index (χ4v) is 2.37. The molecule has 0 N–H and O–H groups in total. The summed E-state index contributed by atoms with van der Waals surface area (Å²) in [6, 6.07) is 6.29. The van der Waals surface area contributed by atoms with Crippen molar-refractivity contribution in [3.8, 4) is 0 Å². The van der Waals surface area contributed by atoms with Crippen LogP contribution in [0.5, 0.6) is 0 Å². The van der Waals surface area contributed by atoms with Gasteiger partial charge in [0.25, 0.3) is 0 Å². The lowest BCUT2D eigenvalue weighted by molar-refractivity contribution is -0.697. The summed E-state index contributed by atoms with van der Waals surface area (Å²) < 4.78 is 2.28. The van der Waals surface area contributed by atoms with Crippen molar-refractivity contribution in [2.45, 2.75) is 85.1 Å². The molecule has 1 aromatic rings. The summed E-state index contributed by atoms with van der Waals surface area (Å²) in [4.78, 5) is 0. The zero-order valence-electron chi connectivity index (χ0n) is 12.1. The van der Waals surface area contributed by atoms with Gasteiger partial charge in [0.2, 0.25) is 0 Å². The van der Waals surface area contributed by atoms with Crippen molar-refractivity contribution < 1.29 is 4.57 Å². The van der Waals surface area contributed by atoms with E-state index in [0.717, 1.165) is 0 Å². The summed E-state index contributed by atoms with van der Waals surface area (Å²) in [7, 11) is 0. The maximum absolute atomic E-state index is 2.28. The molecule has 0 saturated heterocycles. The molecule has 0 radical (unpaired) electrons. The minimum Gasteiger partial charge on any atom is -0.205 e. The first-order chi connectivity index (χ1) is 8.93. The molecule has 0 bridgehead atoms. The third-order valence-corrected chi connectivity index (χ3v) is 3.55. The monoisotopic (exact) mass is 264 g/mol. The largest absolute Gasteiger partial charge is 0.205 e. The number of hydrogen-bond acceptors (Lipinski definition) is 0. The van der Waals surface area contributed by atoms with E-state index < -0.39 is 0 Å². The molecule has 0 amide bonds. The van der Waals surface area contributed by atoms with Gasteiger partial charge in [-0.25, -0.2) is 4.57 Å². The molecule has 0 fully saturated rings. The van der Waals surface area contributed by atoms with Gasteiger partial charge in [0.15, 0.2) is 12.4 Å². The summed E-state index contributed by atoms with van der Waals surface area (Å²) in [5, 5.41) is 0. The van der Waals surface area contributed by atoms with Crippen molar-refractivity contribution >= 4 is 0 Å². The highest BCUT2D eigenvalue weighted by Gasteiger charge is 1.97. The van der Waals surface area contributed by atoms with E-state index in [1.54, 1.807) is 0 Å². The Morgan fingerprint density at radius 3 is 1.63 bits per heavy atom. The Morgan fingerprint density at radius 1 is 0.632 bits per heavy atom. The zero-order chi connectivity index (χ0) is 12.9. The summed E-state index contributed by atoms with van der Waals surface area (Å²) >= 11 is 0. The van der Waals surface area contributed by atoms with Crippen LogP contribution in [0, 0.1) is 0 Å². The number of hydrogen-bond donors (Lipinski definition) is 0. The number of pyridine rings is 1. The topological polar surface area (TPSA) is 3.88 Å². The van der Waals surface area contributed by atoms with Crippen LogP contribution in [-0.2, 0) is 6.54 Å². The highest BCUT2D eigenvalue weighted by Crippen LogP contribution is 2.10. The highest BCUT2D eigenvalue weighted by molar-refractivity contribution is 4.83. The van der Waals surface area contributed by atoms with Crippen molar-refractivity contribution in [2.75, 3.05) is 0 Å². The quantitative estimate of drug-likeness (QED) is 0.365. The molecule has 0 aliphatic carbocycles. The fraction of sp³-hybridized carbons (Fsp3) is 0.722. The van der Waals surface area contributed by atoms with Gasteiger partial charge in [0.05, 0.1) is 0 Å². The van der Waals surface area contributed by atoms with Gasteiger partial charge >= 0.3 is 0 Å². The molecule has 1 aromatic heterocycles. The molecule has 0 aromatic carbocycles. The SMILES string of the molecule is C.CCCCCCCCCCCC[n+]1ccccc1. The van der Waals surface area contributed by atoms with E-state index in [0.29, 0.717) is 0 Å². The maximum atomic E-state index is 2.28. The molecule has 1 rings (SSSR count). The van der Waals surface area contributed by atoms with Gasteiger partial charge in [-0.3, -0.25) is 0 Å². The minimum absolute atomic E-state index is 0. The van der Waals surface area contributed by atoms with Crippen molar-refractivity contribution in [3.05, 3.63) is 30.6 Å². The third-order valence-electron chi connectivity index (χ3n) is 3.55. The van der Waals surface area contributed by atoms with E-state index >= 15 is 0 Å². The summed E-state index contributed by atoms with van der Waals surface area (Å²) in [6.45, 7) is 3.46. The third kappa shape index (κ3) is 10.7. The Kier molecular flexibility index (Phi) is 13.0. The number of aryl methyl sites for hydroxylation is 1. The van der Waals surface area contributed by atoms with Crippen LogP contribution in [-0.4, -0.2) is 0 Å². The fourth-order valence-electron chi connectivity index (χ4n) is 2.37. The second-order valence-corrected chi connectivity index (χ2v) is 5.30. The minimum atomic E-state index is 0. The molecule has 19 heavy (non-hydrogen) atoms. The Bertz CT molecular complexity index is 268. The normalized spacial score (nSPS) is 10.2. The van der Waals surface area contributed by atoms with Gasteiger partial charge in [0.1, 0.15) is 6.54 Å². The van der Waals surface area contributed by atoms with Crippen LogP contribution in [0.15, 0.2) is 30.6 Å². The highest BCUT2D eigenvalue weighted by atomic mass is 14.9. The average Bonchev–Trinajstić information content (AvgIpc) is 2.42. The Balaban J connectivity index is 0.00000324. The van der Waals surface area contributed by atoms with Crippen LogP contribution < -0.4 is 4.57 Å². The molecule has 0 saturated carbocycles. The predicted octanol–water partition coefficient (Wildman–Crippen LogP) is 5.53. The van der Waals surface area contributed by atoms with E-state index in [9.17, 15) is 0 Å². The van der Waals surface area contributed by atoms with E-state index in [1.165, 1.54) is 70.8 Å². The molecule has 0 aliphatic heterocycles. The molecule has 1 heteroatoms. The van der Waals surface area contributed by atoms with Gasteiger partial charge < -0.3 is 0 Å². The lowest BCUT2D eigenvalue weighted by atomic mass is 10.1. The first-order valence-corrected chi connectivity index (χ1v) is 7.87. The van der Waals surface area contributed by atoms with Gasteiger partial charge in [-0.1, -0.05) is 71.8 Å². The maximum Gasteiger partial charge on any atom is 0.168 e. The summed E-state index contributed by atoms with van der Waals surface area (Å²) in [5.41, 5.74) is 0. The second kappa shape index (κ2) is 13.6. The Hall–Kier alpha value is -0.850. The van der Waals surface area contributed by atoms with E-state index in [-0.39, 0.29) is 7.43 Å². The standard InChI is InChI=1S/C17H30N.CH4/c1-2-3-4-5-6-7-8-9-10-12-15-18-16-13-11-14-17-18;/h11,13-14,16-17H,2-10,12,15H2,1H3;1H4/q+1;. The second-order valence-electron chi connectivity index (χ2n) is 5.30. The van der Waals surface area contributed by atoms with Crippen LogP contribution in [0.25, 0.3) is 0 Å². The van der Waals surface area contributed by atoms with E-state index in [2.05, 4.69) is 42.1 Å². The van der Waals surface area contributed by atoms with Gasteiger partial charge in [-0.15, -0.1) is 0 Å². The van der Waals surface area contributed by atoms with Gasteiger partial charge in [0, 0.05) is 18.6 Å². The first-order valence-electron chi connectivity index (χ1n) is 7.87. The summed E-state index contributed by atoms with van der Waals surface area (Å²) in [5.74, 6) is 0. The molecule has 0 spiro atoms. The zero-order valence-corrected chi connectivity index (χ0v) is 12.1. The average molecular weight is 264 g/mol. The van der Waals surface area contributed by atoms with Crippen LogP contribution in [0.1, 0.15) is 78.6 Å². The number of nitrogens with zero attached hydrogens (tertiary/aromatic N) is 1.